The van der Waals surface area contributed by atoms with Crippen molar-refractivity contribution in [2.75, 3.05) is 13.2 Å². The maximum Gasteiger partial charge on any atom is 0.266 e. The van der Waals surface area contributed by atoms with Crippen LogP contribution in [0.1, 0.15) is 40.7 Å². The van der Waals surface area contributed by atoms with Gasteiger partial charge in [0.15, 0.2) is 11.6 Å². The van der Waals surface area contributed by atoms with Gasteiger partial charge in [0, 0.05) is 30.9 Å². The van der Waals surface area contributed by atoms with Crippen molar-refractivity contribution < 1.29 is 23.0 Å². The summed E-state index contributed by atoms with van der Waals surface area (Å²) in [6, 6.07) is 10.7. The molecule has 8 nitrogen and oxygen atoms in total. The molecule has 10 heteroatoms. The summed E-state index contributed by atoms with van der Waals surface area (Å²) in [7, 11) is 0. The zero-order valence-electron chi connectivity index (χ0n) is 20.5. The molecule has 5 rings (SSSR count). The monoisotopic (exact) mass is 520 g/mol. The van der Waals surface area contributed by atoms with Crippen LogP contribution in [0.4, 0.5) is 8.78 Å². The molecule has 1 amide bonds. The van der Waals surface area contributed by atoms with Crippen LogP contribution in [0, 0.1) is 11.6 Å². The topological polar surface area (TPSA) is 95.3 Å². The Bertz CT molecular complexity index is 1520. The van der Waals surface area contributed by atoms with Gasteiger partial charge in [-0.2, -0.15) is 0 Å². The molecule has 1 aliphatic rings. The molecule has 38 heavy (non-hydrogen) atoms. The smallest absolute Gasteiger partial charge is 0.266 e. The molecule has 0 spiro atoms. The van der Waals surface area contributed by atoms with E-state index in [9.17, 15) is 18.4 Å². The zero-order valence-corrected chi connectivity index (χ0v) is 20.5. The highest BCUT2D eigenvalue weighted by atomic mass is 19.2. The number of rotatable bonds is 8. The Morgan fingerprint density at radius 3 is 2.79 bits per heavy atom. The van der Waals surface area contributed by atoms with Crippen LogP contribution in [0.3, 0.4) is 0 Å². The molecule has 1 fully saturated rings. The highest BCUT2D eigenvalue weighted by molar-refractivity contribution is 5.93. The van der Waals surface area contributed by atoms with Gasteiger partial charge >= 0.3 is 0 Å². The first-order valence-corrected chi connectivity index (χ1v) is 12.4. The Morgan fingerprint density at radius 2 is 1.97 bits per heavy atom. The first-order valence-electron chi connectivity index (χ1n) is 12.4. The van der Waals surface area contributed by atoms with Crippen LogP contribution in [0.15, 0.2) is 66.0 Å². The van der Waals surface area contributed by atoms with Gasteiger partial charge in [0.05, 0.1) is 24.5 Å². The first kappa shape index (κ1) is 25.5. The lowest BCUT2D eigenvalue weighted by molar-refractivity contribution is -0.0107. The van der Waals surface area contributed by atoms with E-state index in [2.05, 4.69) is 15.3 Å². The molecule has 1 saturated heterocycles. The Hall–Kier alpha value is -4.18. The maximum atomic E-state index is 13.5. The van der Waals surface area contributed by atoms with Gasteiger partial charge in [-0.25, -0.2) is 13.8 Å². The molecule has 4 aromatic rings. The standard InChI is InChI=1S/C28H26F2N4O4/c29-23-6-4-19(12-24(23)30)15-34-17-31-14-22(28(34)36)27(35)33-13-18-5-7-25-21(11-18)26(8-9-32-25)38-16-20-3-1-2-10-37-20/h4-9,11-12,14,17,20H,1-3,10,13,15-16H2,(H,33,35). The second-order valence-electron chi connectivity index (χ2n) is 9.13. The van der Waals surface area contributed by atoms with Crippen molar-refractivity contribution in [3.63, 3.8) is 0 Å². The summed E-state index contributed by atoms with van der Waals surface area (Å²) >= 11 is 0. The summed E-state index contributed by atoms with van der Waals surface area (Å²) in [4.78, 5) is 34.0. The highest BCUT2D eigenvalue weighted by Gasteiger charge is 2.16. The first-order chi connectivity index (χ1) is 18.5. The Morgan fingerprint density at radius 1 is 1.11 bits per heavy atom. The summed E-state index contributed by atoms with van der Waals surface area (Å²) in [5.41, 5.74) is 1.17. The van der Waals surface area contributed by atoms with E-state index >= 15 is 0 Å². The van der Waals surface area contributed by atoms with Gasteiger partial charge in [-0.05, 0) is 60.7 Å². The number of hydrogen-bond acceptors (Lipinski definition) is 6. The molecule has 3 heterocycles. The third-order valence-corrected chi connectivity index (χ3v) is 6.40. The van der Waals surface area contributed by atoms with Gasteiger partial charge < -0.3 is 14.8 Å². The number of hydrogen-bond donors (Lipinski definition) is 1. The largest absolute Gasteiger partial charge is 0.490 e. The molecular formula is C28H26F2N4O4. The molecule has 2 aromatic carbocycles. The van der Waals surface area contributed by atoms with Crippen LogP contribution in [-0.2, 0) is 17.8 Å². The van der Waals surface area contributed by atoms with E-state index in [4.69, 9.17) is 9.47 Å². The average Bonchev–Trinajstić information content (AvgIpc) is 2.94. The quantitative estimate of drug-likeness (QED) is 0.378. The molecule has 0 saturated carbocycles. The van der Waals surface area contributed by atoms with E-state index < -0.39 is 23.1 Å². The Balaban J connectivity index is 1.27. The number of nitrogens with one attached hydrogen (secondary N) is 1. The number of fused-ring (bicyclic) bond motifs is 1. The lowest BCUT2D eigenvalue weighted by Gasteiger charge is -2.23. The SMILES string of the molecule is O=C(NCc1ccc2nccc(OCC3CCCCO3)c2c1)c1cncn(Cc2ccc(F)c(F)c2)c1=O. The van der Waals surface area contributed by atoms with Crippen molar-refractivity contribution in [2.45, 2.75) is 38.5 Å². The summed E-state index contributed by atoms with van der Waals surface area (Å²) in [6.07, 6.45) is 7.36. The molecule has 2 aromatic heterocycles. The second kappa shape index (κ2) is 11.5. The van der Waals surface area contributed by atoms with E-state index in [0.717, 1.165) is 54.5 Å². The highest BCUT2D eigenvalue weighted by Crippen LogP contribution is 2.26. The number of carbonyl (C=O) groups is 1. The van der Waals surface area contributed by atoms with Crippen molar-refractivity contribution in [1.29, 1.82) is 0 Å². The van der Waals surface area contributed by atoms with Gasteiger partial charge in [0.25, 0.3) is 11.5 Å². The minimum absolute atomic E-state index is 0.0590. The van der Waals surface area contributed by atoms with Crippen molar-refractivity contribution in [1.82, 2.24) is 19.9 Å². The zero-order chi connectivity index (χ0) is 26.5. The van der Waals surface area contributed by atoms with Crippen LogP contribution < -0.4 is 15.6 Å². The van der Waals surface area contributed by atoms with Crippen molar-refractivity contribution in [3.05, 3.63) is 99.9 Å². The minimum Gasteiger partial charge on any atom is -0.490 e. The summed E-state index contributed by atoms with van der Waals surface area (Å²) in [5.74, 6) is -1.91. The van der Waals surface area contributed by atoms with Crippen molar-refractivity contribution in [2.24, 2.45) is 0 Å². The number of carbonyl (C=O) groups excluding carboxylic acids is 1. The summed E-state index contributed by atoms with van der Waals surface area (Å²) < 4.78 is 39.7. The van der Waals surface area contributed by atoms with E-state index in [1.165, 1.54) is 23.2 Å². The van der Waals surface area contributed by atoms with Gasteiger partial charge in [0.2, 0.25) is 0 Å². The third-order valence-electron chi connectivity index (χ3n) is 6.40. The van der Waals surface area contributed by atoms with Crippen molar-refractivity contribution >= 4 is 16.8 Å². The molecule has 0 radical (unpaired) electrons. The van der Waals surface area contributed by atoms with E-state index in [0.29, 0.717) is 17.9 Å². The molecule has 0 bridgehead atoms. The number of pyridine rings is 1. The van der Waals surface area contributed by atoms with Crippen LogP contribution >= 0.6 is 0 Å². The van der Waals surface area contributed by atoms with Gasteiger partial charge in [-0.1, -0.05) is 12.1 Å². The molecule has 1 atom stereocenters. The number of benzene rings is 2. The Kier molecular flexibility index (Phi) is 7.69. The fraction of sp³-hybridized carbons (Fsp3) is 0.286. The van der Waals surface area contributed by atoms with Crippen LogP contribution in [-0.4, -0.2) is 39.8 Å². The normalized spacial score (nSPS) is 15.4. The van der Waals surface area contributed by atoms with E-state index in [1.54, 1.807) is 12.3 Å². The number of nitrogens with zero attached hydrogens (tertiary/aromatic N) is 3. The van der Waals surface area contributed by atoms with Gasteiger partial charge in [0.1, 0.15) is 17.9 Å². The third kappa shape index (κ3) is 5.86. The lowest BCUT2D eigenvalue weighted by atomic mass is 10.1. The number of ether oxygens (including phenoxy) is 2. The predicted molar refractivity (Wildman–Crippen MR) is 136 cm³/mol. The summed E-state index contributed by atoms with van der Waals surface area (Å²) in [5, 5.41) is 3.56. The number of aromatic nitrogens is 3. The van der Waals surface area contributed by atoms with Crippen LogP contribution in [0.5, 0.6) is 5.75 Å². The molecule has 196 valence electrons. The van der Waals surface area contributed by atoms with Crippen LogP contribution in [0.25, 0.3) is 10.9 Å². The summed E-state index contributed by atoms with van der Waals surface area (Å²) in [6.45, 7) is 1.31. The number of amides is 1. The van der Waals surface area contributed by atoms with Gasteiger partial charge in [-0.3, -0.25) is 19.1 Å². The molecule has 0 aliphatic carbocycles. The van der Waals surface area contributed by atoms with Crippen molar-refractivity contribution in [3.8, 4) is 5.75 Å². The fourth-order valence-corrected chi connectivity index (χ4v) is 4.36. The molecule has 1 unspecified atom stereocenters. The molecule has 1 N–H and O–H groups in total. The van der Waals surface area contributed by atoms with E-state index in [1.807, 2.05) is 18.2 Å². The Labute approximate surface area is 217 Å². The maximum absolute atomic E-state index is 13.5. The lowest BCUT2D eigenvalue weighted by Crippen LogP contribution is -2.33. The van der Waals surface area contributed by atoms with Gasteiger partial charge in [-0.15, -0.1) is 0 Å². The minimum atomic E-state index is -1.01. The predicted octanol–water partition coefficient (Wildman–Crippen LogP) is 4.00. The number of halogens is 2. The average molecular weight is 521 g/mol. The molecular weight excluding hydrogens is 494 g/mol. The second-order valence-corrected chi connectivity index (χ2v) is 9.13. The van der Waals surface area contributed by atoms with E-state index in [-0.39, 0.29) is 24.8 Å². The fourth-order valence-electron chi connectivity index (χ4n) is 4.36. The molecule has 1 aliphatic heterocycles. The van der Waals surface area contributed by atoms with Crippen LogP contribution in [0.2, 0.25) is 0 Å².